The van der Waals surface area contributed by atoms with Crippen LogP contribution in [0.25, 0.3) is 38.2 Å². The molecular formula is C100H91N5O11. The predicted molar refractivity (Wildman–Crippen MR) is 453 cm³/mol. The molecule has 0 saturated carbocycles. The third-order valence-electron chi connectivity index (χ3n) is 22.4. The topological polar surface area (TPSA) is 214 Å². The number of methoxy groups -OCH3 is 2. The second-order valence-corrected chi connectivity index (χ2v) is 29.4. The number of fused-ring (bicyclic) bond motifs is 9. The van der Waals surface area contributed by atoms with Gasteiger partial charge in [0.1, 0.15) is 0 Å². The summed E-state index contributed by atoms with van der Waals surface area (Å²) in [7, 11) is 3.40. The first-order chi connectivity index (χ1) is 56.3. The Bertz CT molecular complexity index is 5640. The minimum Gasteiger partial charge on any atom is -0.385 e. The van der Waals surface area contributed by atoms with Gasteiger partial charge in [-0.15, -0.1) is 0 Å². The highest BCUT2D eigenvalue weighted by Crippen LogP contribution is 2.57. The van der Waals surface area contributed by atoms with Crippen LogP contribution in [0.5, 0.6) is 0 Å². The first kappa shape index (κ1) is 82.2. The summed E-state index contributed by atoms with van der Waals surface area (Å²) in [6.07, 6.45) is 6.54. The number of ether oxygens (including phenoxy) is 2. The van der Waals surface area contributed by atoms with E-state index < -0.39 is 23.3 Å². The summed E-state index contributed by atoms with van der Waals surface area (Å²) >= 11 is 0. The molecule has 0 heterocycles. The Morgan fingerprint density at radius 3 is 0.966 bits per heavy atom. The molecule has 582 valence electrons. The zero-order chi connectivity index (χ0) is 81.9. The van der Waals surface area contributed by atoms with E-state index in [1.807, 2.05) is 142 Å². The van der Waals surface area contributed by atoms with Crippen LogP contribution in [0.3, 0.4) is 0 Å². The molecule has 14 rings (SSSR count). The smallest absolute Gasteiger partial charge is 0.332 e. The van der Waals surface area contributed by atoms with Gasteiger partial charge in [-0.25, -0.2) is 21.0 Å². The molecule has 0 amide bonds. The van der Waals surface area contributed by atoms with Crippen molar-refractivity contribution in [1.82, 2.24) is 0 Å². The molecule has 0 radical (unpaired) electrons. The molecule has 1 unspecified atom stereocenters. The van der Waals surface area contributed by atoms with Crippen molar-refractivity contribution in [2.75, 3.05) is 34.0 Å². The van der Waals surface area contributed by atoms with Crippen LogP contribution in [0.4, 0.5) is 0 Å². The number of Topliss-reactive ketones (excluding diaryl/α,β-unsaturated/α-hetero) is 3. The van der Waals surface area contributed by atoms with E-state index in [0.717, 1.165) is 105 Å². The molecule has 0 bridgehead atoms. The summed E-state index contributed by atoms with van der Waals surface area (Å²) in [5.41, 5.74) is 20.9. The highest BCUT2D eigenvalue weighted by Gasteiger charge is 2.47. The Hall–Kier alpha value is -13.3. The number of nitriles is 1. The highest BCUT2D eigenvalue weighted by atomic mass is 16.7. The van der Waals surface area contributed by atoms with Crippen molar-refractivity contribution in [1.29, 1.82) is 5.26 Å². The van der Waals surface area contributed by atoms with Crippen LogP contribution >= 0.6 is 0 Å². The Kier molecular flexibility index (Phi) is 26.6. The van der Waals surface area contributed by atoms with Crippen LogP contribution in [-0.2, 0) is 67.5 Å². The van der Waals surface area contributed by atoms with E-state index in [4.69, 9.17) is 30.6 Å². The maximum absolute atomic E-state index is 14.2. The molecule has 11 aromatic rings. The van der Waals surface area contributed by atoms with Crippen LogP contribution < -0.4 is 0 Å². The Morgan fingerprint density at radius 2 is 0.655 bits per heavy atom. The third-order valence-corrected chi connectivity index (χ3v) is 22.4. The van der Waals surface area contributed by atoms with Crippen molar-refractivity contribution < 1.29 is 52.8 Å². The number of rotatable bonds is 28. The quantitative estimate of drug-likeness (QED) is 0.0147. The van der Waals surface area contributed by atoms with Crippen molar-refractivity contribution in [2.45, 2.75) is 116 Å². The van der Waals surface area contributed by atoms with E-state index in [-0.39, 0.29) is 45.3 Å². The van der Waals surface area contributed by atoms with Crippen molar-refractivity contribution in [3.05, 3.63) is 367 Å². The number of hydrogen-bond acceptors (Lipinski definition) is 15. The molecule has 116 heavy (non-hydrogen) atoms. The summed E-state index contributed by atoms with van der Waals surface area (Å²) in [5, 5.41) is 21.4. The first-order valence-electron chi connectivity index (χ1n) is 38.9. The van der Waals surface area contributed by atoms with Gasteiger partial charge in [-0.2, -0.15) is 5.26 Å². The van der Waals surface area contributed by atoms with Crippen molar-refractivity contribution in [2.24, 2.45) is 15.5 Å². The van der Waals surface area contributed by atoms with Crippen molar-refractivity contribution >= 4 is 52.4 Å². The maximum atomic E-state index is 14.2. The second kappa shape index (κ2) is 37.6. The molecule has 3 aliphatic rings. The standard InChI is InChI=1S/C40H35NO3.C30H25N3O3.C30H31NO5/c1-28-13-9-10-18-33(28)38(41-44-29(2)42)39(43)32-21-22-35-34-19-11-12-20-36(34)40(37(35)27-32,25-23-30-14-5-3-6-15-30)26-24-31-16-7-4-8-17-31;1-20-9-4-5-10-23(20)28(33-36-21(2)34)29(35)22-13-14-25-24-11-6-7-12-26(24)30(15-8-17-31,16-18-32-3)27(25)19-22;1-20-9-5-6-10-23(20)28(31-36-21(2)32)29(33)22-13-14-25-24-11-7-8-12-26(24)30(15-17-34-3,16-18-35-4)27(25)19-22/h3-22,27H,23-26H2,1-2H3;4-7,9-14,19H,8,15-16,18H2,1-2H3;5-14,19H,15-18H2,1-4H3/b41-38+;33-28+;31-28+. The maximum Gasteiger partial charge on any atom is 0.332 e. The fourth-order valence-corrected chi connectivity index (χ4v) is 16.7. The number of oxime groups is 3. The number of carbonyl (C=O) groups is 6. The second-order valence-electron chi connectivity index (χ2n) is 29.4. The van der Waals surface area contributed by atoms with Gasteiger partial charge in [-0.1, -0.05) is 258 Å². The van der Waals surface area contributed by atoms with Gasteiger partial charge >= 0.3 is 17.9 Å². The third kappa shape index (κ3) is 17.6. The number of nitrogens with zero attached hydrogens (tertiary/aromatic N) is 5. The number of hydrogen-bond donors (Lipinski definition) is 0. The predicted octanol–water partition coefficient (Wildman–Crippen LogP) is 20.2. The Balaban J connectivity index is 0.000000162. The molecule has 1 atom stereocenters. The summed E-state index contributed by atoms with van der Waals surface area (Å²) in [6, 6.07) is 88.1. The van der Waals surface area contributed by atoms with Gasteiger partial charge < -0.3 is 28.8 Å². The van der Waals surface area contributed by atoms with E-state index in [0.29, 0.717) is 72.4 Å². The molecule has 0 aliphatic heterocycles. The van der Waals surface area contributed by atoms with Crippen LogP contribution in [0.2, 0.25) is 0 Å². The van der Waals surface area contributed by atoms with Gasteiger partial charge in [0.15, 0.2) is 17.1 Å². The van der Waals surface area contributed by atoms with Crippen molar-refractivity contribution in [3.8, 4) is 39.4 Å². The summed E-state index contributed by atoms with van der Waals surface area (Å²) < 4.78 is 11.0. The van der Waals surface area contributed by atoms with Gasteiger partial charge in [0, 0.05) is 111 Å². The molecule has 0 aromatic heterocycles. The lowest BCUT2D eigenvalue weighted by molar-refractivity contribution is -0.141. The van der Waals surface area contributed by atoms with Gasteiger partial charge in [0.2, 0.25) is 23.9 Å². The van der Waals surface area contributed by atoms with E-state index in [9.17, 15) is 34.0 Å². The fourth-order valence-electron chi connectivity index (χ4n) is 16.7. The number of ketones is 3. The SMILES string of the molecule is CC(=O)O/N=C(/C(=O)c1ccc2c(c1)C(CCc1ccccc1)(CCc1ccccc1)c1ccccc1-2)c1ccccc1C.COCCC1(CCOC)c2ccccc2-c2ccc(C(=O)/C(=N/OC(C)=O)c3ccccc3C)cc21.[C-]#[N+]CCC1(CCC#N)c2ccccc2-c2ccc(C(=O)/C(=N/OC(C)=O)c3ccccc3C)cc21. The molecular weight excluding hydrogens is 1450 g/mol. The molecule has 3 aliphatic carbocycles. The first-order valence-corrected chi connectivity index (χ1v) is 38.9. The largest absolute Gasteiger partial charge is 0.385 e. The van der Waals surface area contributed by atoms with Gasteiger partial charge in [0.25, 0.3) is 0 Å². The number of aryl methyl sites for hydroxylation is 5. The van der Waals surface area contributed by atoms with E-state index in [1.54, 1.807) is 38.5 Å². The Morgan fingerprint density at radius 1 is 0.362 bits per heavy atom. The summed E-state index contributed by atoms with van der Waals surface area (Å²) in [5.74, 6) is -2.74. The summed E-state index contributed by atoms with van der Waals surface area (Å²) in [4.78, 5) is 95.1. The highest BCUT2D eigenvalue weighted by molar-refractivity contribution is 6.53. The minimum atomic E-state index is -0.618. The lowest BCUT2D eigenvalue weighted by Crippen LogP contribution is -2.29. The van der Waals surface area contributed by atoms with Gasteiger partial charge in [-0.3, -0.25) is 14.4 Å². The molecule has 0 spiro atoms. The van der Waals surface area contributed by atoms with Crippen LogP contribution in [0, 0.1) is 38.7 Å². The zero-order valence-corrected chi connectivity index (χ0v) is 66.5. The van der Waals surface area contributed by atoms with E-state index in [2.05, 4.69) is 142 Å². The lowest BCUT2D eigenvalue weighted by atomic mass is 9.70. The fraction of sp³-hybridized carbons (Fsp3) is 0.230. The average Bonchev–Trinajstić information content (AvgIpc) is 1.58. The molecule has 0 fully saturated rings. The summed E-state index contributed by atoms with van der Waals surface area (Å²) in [6.45, 7) is 18.3. The number of carbonyl (C=O) groups excluding carboxylic acids is 6. The molecule has 11 aromatic carbocycles. The minimum absolute atomic E-state index is 0.0440. The van der Waals surface area contributed by atoms with Crippen LogP contribution in [0.1, 0.15) is 175 Å². The van der Waals surface area contributed by atoms with Gasteiger partial charge in [0.05, 0.1) is 6.07 Å². The Labute approximate surface area is 677 Å². The normalized spacial score (nSPS) is 14.2. The van der Waals surface area contributed by atoms with Crippen molar-refractivity contribution in [3.63, 3.8) is 0 Å². The average molecular weight is 1540 g/mol. The molecule has 0 saturated heterocycles. The van der Waals surface area contributed by atoms with E-state index >= 15 is 0 Å². The van der Waals surface area contributed by atoms with E-state index in [1.165, 1.54) is 48.6 Å². The van der Waals surface area contributed by atoms with Crippen LogP contribution in [0.15, 0.2) is 276 Å². The lowest BCUT2D eigenvalue weighted by Gasteiger charge is -2.33. The molecule has 0 N–H and O–H groups in total. The van der Waals surface area contributed by atoms with Crippen LogP contribution in [-0.4, -0.2) is 86.4 Å². The van der Waals surface area contributed by atoms with Gasteiger partial charge in [-0.05, 0) is 178 Å². The monoisotopic (exact) mass is 1540 g/mol. The molecule has 16 nitrogen and oxygen atoms in total. The zero-order valence-electron chi connectivity index (χ0n) is 66.5. The molecule has 16 heteroatoms. The number of benzene rings is 11.